The van der Waals surface area contributed by atoms with Crippen molar-refractivity contribution in [3.63, 3.8) is 0 Å². The van der Waals surface area contributed by atoms with Gasteiger partial charge in [-0.15, -0.1) is 0 Å². The standard InChI is InChI=1S/C19H30N4O7/c1-19(2,3)30-18(28)22-6-4-5-21-17(27)12-9-23(8-11(12)16(20)26)15-7-13(25)14(10-24)29-15/h8-9,13-15,24-25H,4-7,10H2,1-3H3,(H2,20,26)(H,21,27)(H,22,28)/t13-,14+,15+/m0/s1. The Labute approximate surface area is 174 Å². The van der Waals surface area contributed by atoms with Gasteiger partial charge in [-0.2, -0.15) is 0 Å². The van der Waals surface area contributed by atoms with Crippen molar-refractivity contribution in [2.75, 3.05) is 19.7 Å². The molecule has 0 spiro atoms. The van der Waals surface area contributed by atoms with Gasteiger partial charge in [-0.25, -0.2) is 4.79 Å². The topological polar surface area (TPSA) is 165 Å². The van der Waals surface area contributed by atoms with Crippen molar-refractivity contribution in [3.05, 3.63) is 23.5 Å². The lowest BCUT2D eigenvalue weighted by molar-refractivity contribution is -0.0442. The molecule has 2 rings (SSSR count). The molecule has 1 fully saturated rings. The van der Waals surface area contributed by atoms with Crippen molar-refractivity contribution in [2.45, 2.75) is 57.6 Å². The molecular formula is C19H30N4O7. The van der Waals surface area contributed by atoms with E-state index in [0.29, 0.717) is 13.0 Å². The lowest BCUT2D eigenvalue weighted by atomic mass is 10.2. The Balaban J connectivity index is 1.90. The molecule has 0 saturated carbocycles. The minimum absolute atomic E-state index is 0.0184. The average molecular weight is 426 g/mol. The number of ether oxygens (including phenoxy) is 2. The van der Waals surface area contributed by atoms with Crippen LogP contribution in [0, 0.1) is 0 Å². The Morgan fingerprint density at radius 3 is 2.43 bits per heavy atom. The highest BCUT2D eigenvalue weighted by Crippen LogP contribution is 2.30. The monoisotopic (exact) mass is 426 g/mol. The van der Waals surface area contributed by atoms with Crippen LogP contribution in [0.25, 0.3) is 0 Å². The van der Waals surface area contributed by atoms with Gasteiger partial charge >= 0.3 is 6.09 Å². The van der Waals surface area contributed by atoms with Gasteiger partial charge in [0.05, 0.1) is 23.8 Å². The third-order valence-corrected chi connectivity index (χ3v) is 4.38. The highest BCUT2D eigenvalue weighted by molar-refractivity contribution is 6.06. The molecule has 0 bridgehead atoms. The van der Waals surface area contributed by atoms with E-state index in [1.54, 1.807) is 20.8 Å². The Morgan fingerprint density at radius 1 is 1.23 bits per heavy atom. The summed E-state index contributed by atoms with van der Waals surface area (Å²) in [5.41, 5.74) is 4.89. The molecule has 11 nitrogen and oxygen atoms in total. The molecule has 6 N–H and O–H groups in total. The predicted molar refractivity (Wildman–Crippen MR) is 106 cm³/mol. The second-order valence-electron chi connectivity index (χ2n) is 8.05. The Hall–Kier alpha value is -2.63. The van der Waals surface area contributed by atoms with E-state index in [0.717, 1.165) is 0 Å². The number of hydrogen-bond donors (Lipinski definition) is 5. The summed E-state index contributed by atoms with van der Waals surface area (Å²) >= 11 is 0. The summed E-state index contributed by atoms with van der Waals surface area (Å²) < 4.78 is 12.1. The molecule has 0 unspecified atom stereocenters. The van der Waals surface area contributed by atoms with Gasteiger partial charge in [0.2, 0.25) is 0 Å². The molecule has 168 valence electrons. The molecule has 1 aliphatic rings. The van der Waals surface area contributed by atoms with Crippen molar-refractivity contribution in [1.82, 2.24) is 15.2 Å². The normalized spacial score (nSPS) is 21.3. The Morgan fingerprint density at radius 2 is 1.87 bits per heavy atom. The highest BCUT2D eigenvalue weighted by atomic mass is 16.6. The molecule has 1 saturated heterocycles. The third-order valence-electron chi connectivity index (χ3n) is 4.38. The number of alkyl carbamates (subject to hydrolysis) is 1. The zero-order valence-corrected chi connectivity index (χ0v) is 17.4. The SMILES string of the molecule is CC(C)(C)OC(=O)NCCCNC(=O)c1cn([C@H]2C[C@H](O)[C@@H](CO)O2)cc1C(N)=O. The van der Waals surface area contributed by atoms with Crippen LogP contribution >= 0.6 is 0 Å². The first-order chi connectivity index (χ1) is 14.0. The van der Waals surface area contributed by atoms with E-state index >= 15 is 0 Å². The summed E-state index contributed by atoms with van der Waals surface area (Å²) in [6.07, 6.45) is 0.711. The Kier molecular flexibility index (Phi) is 7.82. The highest BCUT2D eigenvalue weighted by Gasteiger charge is 2.35. The number of primary amides is 1. The quantitative estimate of drug-likeness (QED) is 0.361. The van der Waals surface area contributed by atoms with Gasteiger partial charge in [0.1, 0.15) is 17.9 Å². The molecule has 0 aromatic carbocycles. The van der Waals surface area contributed by atoms with E-state index < -0.39 is 41.9 Å². The van der Waals surface area contributed by atoms with Crippen LogP contribution in [0.15, 0.2) is 12.4 Å². The number of aliphatic hydroxyl groups is 2. The summed E-state index contributed by atoms with van der Waals surface area (Å²) in [5.74, 6) is -1.28. The molecule has 3 atom stereocenters. The number of nitrogens with one attached hydrogen (secondary N) is 2. The van der Waals surface area contributed by atoms with E-state index in [1.807, 2.05) is 0 Å². The number of aromatic nitrogens is 1. The number of hydrogen-bond acceptors (Lipinski definition) is 7. The molecule has 1 aromatic rings. The van der Waals surface area contributed by atoms with Crippen molar-refractivity contribution < 1.29 is 34.1 Å². The second-order valence-corrected chi connectivity index (χ2v) is 8.05. The maximum atomic E-state index is 12.5. The first-order valence-electron chi connectivity index (χ1n) is 9.72. The summed E-state index contributed by atoms with van der Waals surface area (Å²) in [6, 6.07) is 0. The van der Waals surface area contributed by atoms with Crippen LogP contribution in [0.2, 0.25) is 0 Å². The van der Waals surface area contributed by atoms with Crippen LogP contribution in [-0.2, 0) is 9.47 Å². The van der Waals surface area contributed by atoms with Gasteiger partial charge in [-0.1, -0.05) is 0 Å². The molecule has 11 heteroatoms. The van der Waals surface area contributed by atoms with E-state index in [4.69, 9.17) is 15.2 Å². The third kappa shape index (κ3) is 6.44. The number of aliphatic hydroxyl groups excluding tert-OH is 2. The number of carbonyl (C=O) groups excluding carboxylic acids is 3. The predicted octanol–water partition coefficient (Wildman–Crippen LogP) is -0.128. The number of rotatable bonds is 8. The van der Waals surface area contributed by atoms with Crippen LogP contribution in [0.4, 0.5) is 4.79 Å². The summed E-state index contributed by atoms with van der Waals surface area (Å²) in [6.45, 7) is 5.49. The zero-order valence-electron chi connectivity index (χ0n) is 17.4. The van der Waals surface area contributed by atoms with Crippen molar-refractivity contribution in [2.24, 2.45) is 5.73 Å². The van der Waals surface area contributed by atoms with E-state index in [2.05, 4.69) is 10.6 Å². The molecule has 2 heterocycles. The van der Waals surface area contributed by atoms with Gasteiger partial charge < -0.3 is 40.6 Å². The van der Waals surface area contributed by atoms with E-state index in [-0.39, 0.29) is 30.7 Å². The average Bonchev–Trinajstić information content (AvgIpc) is 3.23. The van der Waals surface area contributed by atoms with Gasteiger partial charge in [0.25, 0.3) is 11.8 Å². The smallest absolute Gasteiger partial charge is 0.407 e. The van der Waals surface area contributed by atoms with Gasteiger partial charge in [0.15, 0.2) is 0 Å². The lowest BCUT2D eigenvalue weighted by Crippen LogP contribution is -2.34. The molecule has 3 amide bonds. The lowest BCUT2D eigenvalue weighted by Gasteiger charge is -2.19. The first-order valence-corrected chi connectivity index (χ1v) is 9.72. The van der Waals surface area contributed by atoms with Crippen molar-refractivity contribution in [1.29, 1.82) is 0 Å². The fourth-order valence-electron chi connectivity index (χ4n) is 2.97. The van der Waals surface area contributed by atoms with Crippen molar-refractivity contribution >= 4 is 17.9 Å². The molecule has 1 aromatic heterocycles. The van der Waals surface area contributed by atoms with Crippen LogP contribution < -0.4 is 16.4 Å². The van der Waals surface area contributed by atoms with Gasteiger partial charge in [-0.3, -0.25) is 9.59 Å². The van der Waals surface area contributed by atoms with Gasteiger partial charge in [-0.05, 0) is 27.2 Å². The molecule has 0 radical (unpaired) electrons. The minimum Gasteiger partial charge on any atom is -0.444 e. The van der Waals surface area contributed by atoms with Crippen LogP contribution in [-0.4, -0.2) is 70.2 Å². The number of nitrogens with two attached hydrogens (primary N) is 1. The first kappa shape index (κ1) is 23.6. The minimum atomic E-state index is -0.853. The second kappa shape index (κ2) is 9.92. The van der Waals surface area contributed by atoms with Crippen LogP contribution in [0.5, 0.6) is 0 Å². The number of amides is 3. The van der Waals surface area contributed by atoms with Crippen LogP contribution in [0.1, 0.15) is 60.6 Å². The number of carbonyl (C=O) groups is 3. The summed E-state index contributed by atoms with van der Waals surface area (Å²) in [7, 11) is 0. The Bertz CT molecular complexity index is 771. The number of nitrogens with zero attached hydrogens (tertiary/aromatic N) is 1. The molecule has 0 aliphatic carbocycles. The van der Waals surface area contributed by atoms with Crippen molar-refractivity contribution in [3.8, 4) is 0 Å². The maximum absolute atomic E-state index is 12.5. The van der Waals surface area contributed by atoms with Crippen LogP contribution in [0.3, 0.4) is 0 Å². The van der Waals surface area contributed by atoms with E-state index in [1.165, 1.54) is 17.0 Å². The maximum Gasteiger partial charge on any atom is 0.407 e. The van der Waals surface area contributed by atoms with E-state index in [9.17, 15) is 24.6 Å². The molecular weight excluding hydrogens is 396 g/mol. The molecule has 1 aliphatic heterocycles. The summed E-state index contributed by atoms with van der Waals surface area (Å²) in [4.78, 5) is 35.8. The molecule has 30 heavy (non-hydrogen) atoms. The largest absolute Gasteiger partial charge is 0.444 e. The zero-order chi connectivity index (χ0) is 22.5. The van der Waals surface area contributed by atoms with Gasteiger partial charge in [0, 0.05) is 31.9 Å². The fraction of sp³-hybridized carbons (Fsp3) is 0.632. The summed E-state index contributed by atoms with van der Waals surface area (Å²) in [5, 5.41) is 24.3. The fourth-order valence-corrected chi connectivity index (χ4v) is 2.97.